The normalized spacial score (nSPS) is 13.2. The molecular weight excluding hydrogens is 351 g/mol. The second kappa shape index (κ2) is 9.02. The number of hydrogen-bond donors (Lipinski definition) is 1. The van der Waals surface area contributed by atoms with Crippen LogP contribution in [0.3, 0.4) is 0 Å². The molecule has 1 aromatic carbocycles. The molecule has 0 spiro atoms. The average molecular weight is 375 g/mol. The highest BCUT2D eigenvalue weighted by molar-refractivity contribution is 5.99. The van der Waals surface area contributed by atoms with E-state index in [2.05, 4.69) is 5.32 Å². The van der Waals surface area contributed by atoms with Gasteiger partial charge >= 0.3 is 12.3 Å². The number of carbonyl (C=O) groups excluding carboxylic acids is 2. The summed E-state index contributed by atoms with van der Waals surface area (Å²) in [6.45, 7) is 5.53. The summed E-state index contributed by atoms with van der Waals surface area (Å²) in [6.07, 6.45) is -5.04. The van der Waals surface area contributed by atoms with E-state index in [0.29, 0.717) is 12.8 Å². The first-order valence-electron chi connectivity index (χ1n) is 8.15. The molecular formula is C18H24F3NO4. The number of Topliss-reactive ketones (excluding diaryl/α,β-unsaturated/α-hetero) is 1. The minimum atomic E-state index is -4.45. The van der Waals surface area contributed by atoms with Gasteiger partial charge in [0, 0.05) is 19.2 Å². The van der Waals surface area contributed by atoms with Gasteiger partial charge in [0.1, 0.15) is 11.7 Å². The molecule has 5 nitrogen and oxygen atoms in total. The van der Waals surface area contributed by atoms with Crippen molar-refractivity contribution in [3.63, 3.8) is 0 Å². The number of amides is 1. The third kappa shape index (κ3) is 7.43. The van der Waals surface area contributed by atoms with Crippen molar-refractivity contribution in [3.05, 3.63) is 35.4 Å². The Morgan fingerprint density at radius 2 is 1.69 bits per heavy atom. The standard InChI is InChI=1S/C18H24F3NO4/c1-17(2,3)26-16(24)22-11-5-6-14(25-4)15(23)12-7-9-13(10-8-12)18(19,20)21/h7-10,14H,5-6,11H2,1-4H3,(H,22,24). The Balaban J connectivity index is 2.53. The van der Waals surface area contributed by atoms with Crippen molar-refractivity contribution in [1.29, 1.82) is 0 Å². The number of benzene rings is 1. The van der Waals surface area contributed by atoms with Crippen LogP contribution in [-0.2, 0) is 15.7 Å². The molecule has 0 aliphatic carbocycles. The zero-order chi connectivity index (χ0) is 20.0. The fraction of sp³-hybridized carbons (Fsp3) is 0.556. The maximum atomic E-state index is 12.6. The first kappa shape index (κ1) is 22.0. The quantitative estimate of drug-likeness (QED) is 0.573. The van der Waals surface area contributed by atoms with Crippen molar-refractivity contribution in [3.8, 4) is 0 Å². The van der Waals surface area contributed by atoms with Crippen LogP contribution in [0.25, 0.3) is 0 Å². The maximum Gasteiger partial charge on any atom is 0.416 e. The summed E-state index contributed by atoms with van der Waals surface area (Å²) in [5.41, 5.74) is -1.27. The minimum Gasteiger partial charge on any atom is -0.444 e. The lowest BCUT2D eigenvalue weighted by Crippen LogP contribution is -2.33. The molecule has 146 valence electrons. The summed E-state index contributed by atoms with van der Waals surface area (Å²) in [6, 6.07) is 4.00. The van der Waals surface area contributed by atoms with Crippen LogP contribution < -0.4 is 5.32 Å². The molecule has 26 heavy (non-hydrogen) atoms. The predicted molar refractivity (Wildman–Crippen MR) is 90.0 cm³/mol. The summed E-state index contributed by atoms with van der Waals surface area (Å²) < 4.78 is 47.9. The number of methoxy groups -OCH3 is 1. The molecule has 1 aromatic rings. The van der Waals surface area contributed by atoms with Crippen LogP contribution in [0.15, 0.2) is 24.3 Å². The highest BCUT2D eigenvalue weighted by Gasteiger charge is 2.30. The minimum absolute atomic E-state index is 0.143. The zero-order valence-corrected chi connectivity index (χ0v) is 15.3. The van der Waals surface area contributed by atoms with Crippen molar-refractivity contribution < 1.29 is 32.2 Å². The Morgan fingerprint density at radius 1 is 1.12 bits per heavy atom. The second-order valence-corrected chi connectivity index (χ2v) is 6.73. The molecule has 1 unspecified atom stereocenters. The molecule has 1 atom stereocenters. The zero-order valence-electron chi connectivity index (χ0n) is 15.3. The lowest BCUT2D eigenvalue weighted by Gasteiger charge is -2.20. The molecule has 1 rings (SSSR count). The fourth-order valence-electron chi connectivity index (χ4n) is 2.16. The van der Waals surface area contributed by atoms with Crippen molar-refractivity contribution in [2.24, 2.45) is 0 Å². The van der Waals surface area contributed by atoms with E-state index < -0.39 is 35.3 Å². The van der Waals surface area contributed by atoms with E-state index in [9.17, 15) is 22.8 Å². The molecule has 0 heterocycles. The number of nitrogens with one attached hydrogen (secondary N) is 1. The van der Waals surface area contributed by atoms with Gasteiger partial charge in [-0.05, 0) is 45.7 Å². The van der Waals surface area contributed by atoms with E-state index in [1.54, 1.807) is 20.8 Å². The smallest absolute Gasteiger partial charge is 0.416 e. The predicted octanol–water partition coefficient (Wildman–Crippen LogP) is 4.21. The van der Waals surface area contributed by atoms with E-state index in [-0.39, 0.29) is 12.1 Å². The summed E-state index contributed by atoms with van der Waals surface area (Å²) in [5, 5.41) is 2.57. The van der Waals surface area contributed by atoms with Crippen LogP contribution in [0.2, 0.25) is 0 Å². The van der Waals surface area contributed by atoms with Crippen molar-refractivity contribution in [2.75, 3.05) is 13.7 Å². The van der Waals surface area contributed by atoms with E-state index in [4.69, 9.17) is 9.47 Å². The molecule has 0 aliphatic rings. The molecule has 1 amide bonds. The van der Waals surface area contributed by atoms with E-state index in [1.807, 2.05) is 0 Å². The van der Waals surface area contributed by atoms with Gasteiger partial charge in [-0.25, -0.2) is 4.79 Å². The Hall–Kier alpha value is -2.09. The van der Waals surface area contributed by atoms with E-state index in [0.717, 1.165) is 24.3 Å². The van der Waals surface area contributed by atoms with Gasteiger partial charge in [-0.2, -0.15) is 13.2 Å². The highest BCUT2D eigenvalue weighted by Crippen LogP contribution is 2.29. The molecule has 8 heteroatoms. The van der Waals surface area contributed by atoms with Crippen LogP contribution in [-0.4, -0.2) is 37.2 Å². The summed E-state index contributed by atoms with van der Waals surface area (Å²) in [4.78, 5) is 23.9. The lowest BCUT2D eigenvalue weighted by molar-refractivity contribution is -0.137. The first-order chi connectivity index (χ1) is 11.9. The summed E-state index contributed by atoms with van der Waals surface area (Å²) in [7, 11) is 1.36. The van der Waals surface area contributed by atoms with E-state index in [1.165, 1.54) is 7.11 Å². The van der Waals surface area contributed by atoms with Gasteiger partial charge in [0.15, 0.2) is 5.78 Å². The monoisotopic (exact) mass is 375 g/mol. The van der Waals surface area contributed by atoms with Gasteiger partial charge < -0.3 is 14.8 Å². The Morgan fingerprint density at radius 3 is 2.15 bits per heavy atom. The number of ether oxygens (including phenoxy) is 2. The number of hydrogen-bond acceptors (Lipinski definition) is 4. The molecule has 0 bridgehead atoms. The van der Waals surface area contributed by atoms with Gasteiger partial charge in [0.25, 0.3) is 0 Å². The SMILES string of the molecule is COC(CCCNC(=O)OC(C)(C)C)C(=O)c1ccc(C(F)(F)F)cc1. The van der Waals surface area contributed by atoms with Gasteiger partial charge in [0.05, 0.1) is 5.56 Å². The van der Waals surface area contributed by atoms with Gasteiger partial charge in [-0.1, -0.05) is 12.1 Å². The van der Waals surface area contributed by atoms with Crippen LogP contribution in [0.4, 0.5) is 18.0 Å². The molecule has 0 fully saturated rings. The number of alkyl carbamates (subject to hydrolysis) is 1. The fourth-order valence-corrected chi connectivity index (χ4v) is 2.16. The molecule has 0 saturated carbocycles. The molecule has 0 saturated heterocycles. The van der Waals surface area contributed by atoms with Gasteiger partial charge in [-0.3, -0.25) is 4.79 Å². The average Bonchev–Trinajstić information content (AvgIpc) is 2.52. The van der Waals surface area contributed by atoms with Crippen LogP contribution >= 0.6 is 0 Å². The molecule has 0 aliphatic heterocycles. The first-order valence-corrected chi connectivity index (χ1v) is 8.15. The molecule has 1 N–H and O–H groups in total. The number of rotatable bonds is 7. The second-order valence-electron chi connectivity index (χ2n) is 6.73. The van der Waals surface area contributed by atoms with Crippen molar-refractivity contribution in [2.45, 2.75) is 51.5 Å². The van der Waals surface area contributed by atoms with Crippen molar-refractivity contribution in [1.82, 2.24) is 5.32 Å². The third-order valence-corrected chi connectivity index (χ3v) is 3.39. The van der Waals surface area contributed by atoms with Crippen LogP contribution in [0.5, 0.6) is 0 Å². The largest absolute Gasteiger partial charge is 0.444 e. The molecule has 0 aromatic heterocycles. The third-order valence-electron chi connectivity index (χ3n) is 3.39. The van der Waals surface area contributed by atoms with Gasteiger partial charge in [0.2, 0.25) is 0 Å². The maximum absolute atomic E-state index is 12.6. The highest BCUT2D eigenvalue weighted by atomic mass is 19.4. The Labute approximate surface area is 150 Å². The number of ketones is 1. The Bertz CT molecular complexity index is 606. The number of alkyl halides is 3. The summed E-state index contributed by atoms with van der Waals surface area (Å²) in [5.74, 6) is -0.404. The molecule has 0 radical (unpaired) electrons. The van der Waals surface area contributed by atoms with E-state index >= 15 is 0 Å². The van der Waals surface area contributed by atoms with Crippen molar-refractivity contribution >= 4 is 11.9 Å². The van der Waals surface area contributed by atoms with Crippen LogP contribution in [0.1, 0.15) is 49.5 Å². The lowest BCUT2D eigenvalue weighted by atomic mass is 10.0. The van der Waals surface area contributed by atoms with Crippen LogP contribution in [0, 0.1) is 0 Å². The Kier molecular flexibility index (Phi) is 7.62. The topological polar surface area (TPSA) is 64.6 Å². The number of halogens is 3. The van der Waals surface area contributed by atoms with Gasteiger partial charge in [-0.15, -0.1) is 0 Å². The summed E-state index contributed by atoms with van der Waals surface area (Å²) >= 11 is 0. The number of carbonyl (C=O) groups is 2.